The molecule has 1 atom stereocenters. The molecule has 0 aliphatic carbocycles. The Labute approximate surface area is 129 Å². The van der Waals surface area contributed by atoms with E-state index in [-0.39, 0.29) is 6.04 Å². The van der Waals surface area contributed by atoms with Gasteiger partial charge in [0.1, 0.15) is 5.00 Å². The third kappa shape index (κ3) is 1.96. The van der Waals surface area contributed by atoms with Crippen molar-refractivity contribution >= 4 is 11.3 Å². The number of aryl methyl sites for hydroxylation is 1. The molecular weight excluding hydrogens is 276 g/mol. The maximum Gasteiger partial charge on any atom is 0.104 e. The van der Waals surface area contributed by atoms with Gasteiger partial charge in [-0.1, -0.05) is 30.3 Å². The number of rotatable bonds is 1. The first-order valence-corrected chi connectivity index (χ1v) is 8.12. The van der Waals surface area contributed by atoms with Gasteiger partial charge in [0.05, 0.1) is 6.04 Å². The summed E-state index contributed by atoms with van der Waals surface area (Å²) in [6.07, 6.45) is 2.19. The molecule has 106 valence electrons. The van der Waals surface area contributed by atoms with Crippen LogP contribution in [0, 0.1) is 13.8 Å². The third-order valence-electron chi connectivity index (χ3n) is 4.40. The number of benzene rings is 1. The van der Waals surface area contributed by atoms with Crippen molar-refractivity contribution in [1.82, 2.24) is 9.88 Å². The van der Waals surface area contributed by atoms with Crippen LogP contribution in [0.5, 0.6) is 0 Å². The van der Waals surface area contributed by atoms with E-state index in [1.165, 1.54) is 32.3 Å². The van der Waals surface area contributed by atoms with Crippen molar-refractivity contribution < 1.29 is 0 Å². The van der Waals surface area contributed by atoms with Gasteiger partial charge < -0.3 is 9.88 Å². The predicted octanol–water partition coefficient (Wildman–Crippen LogP) is 4.35. The molecule has 21 heavy (non-hydrogen) atoms. The second kappa shape index (κ2) is 4.86. The first kappa shape index (κ1) is 12.9. The van der Waals surface area contributed by atoms with Crippen LogP contribution in [0.25, 0.3) is 5.00 Å². The van der Waals surface area contributed by atoms with Gasteiger partial charge in [0.15, 0.2) is 0 Å². The Hall–Kier alpha value is -1.84. The van der Waals surface area contributed by atoms with Crippen molar-refractivity contribution in [3.8, 4) is 5.00 Å². The lowest BCUT2D eigenvalue weighted by Crippen LogP contribution is -2.21. The summed E-state index contributed by atoms with van der Waals surface area (Å²) in [5.41, 5.74) is 5.51. The van der Waals surface area contributed by atoms with E-state index in [1.807, 2.05) is 11.3 Å². The number of hydrogen-bond donors (Lipinski definition) is 1. The molecule has 2 aromatic heterocycles. The molecule has 2 nitrogen and oxygen atoms in total. The second-order valence-corrected chi connectivity index (χ2v) is 6.80. The standard InChI is InChI=1S/C18H18N2S/c1-12-13(2)21-18-15(12)11-19-17(14-7-4-3-5-8-14)16-9-6-10-20(16)18/h3-10,17,19H,11H2,1-2H3/t17-/m0/s1. The number of nitrogens with zero attached hydrogens (tertiary/aromatic N) is 1. The summed E-state index contributed by atoms with van der Waals surface area (Å²) in [6, 6.07) is 15.3. The van der Waals surface area contributed by atoms with E-state index in [9.17, 15) is 0 Å². The number of aromatic nitrogens is 1. The van der Waals surface area contributed by atoms with Crippen LogP contribution < -0.4 is 5.32 Å². The average Bonchev–Trinajstić information content (AvgIpc) is 3.04. The van der Waals surface area contributed by atoms with Gasteiger partial charge in [-0.05, 0) is 37.1 Å². The Balaban J connectivity index is 1.89. The van der Waals surface area contributed by atoms with E-state index in [4.69, 9.17) is 0 Å². The maximum atomic E-state index is 3.74. The van der Waals surface area contributed by atoms with Crippen LogP contribution in [-0.4, -0.2) is 4.57 Å². The fourth-order valence-corrected chi connectivity index (χ4v) is 4.30. The highest BCUT2D eigenvalue weighted by Crippen LogP contribution is 2.37. The van der Waals surface area contributed by atoms with Gasteiger partial charge in [-0.3, -0.25) is 0 Å². The summed E-state index contributed by atoms with van der Waals surface area (Å²) >= 11 is 1.90. The molecule has 1 aliphatic heterocycles. The molecule has 0 saturated carbocycles. The van der Waals surface area contributed by atoms with E-state index in [2.05, 4.69) is 72.4 Å². The molecule has 3 heteroatoms. The Morgan fingerprint density at radius 3 is 2.71 bits per heavy atom. The second-order valence-electron chi connectivity index (χ2n) is 5.59. The Morgan fingerprint density at radius 1 is 1.10 bits per heavy atom. The van der Waals surface area contributed by atoms with Gasteiger partial charge in [0, 0.05) is 28.9 Å². The first-order valence-electron chi connectivity index (χ1n) is 7.30. The zero-order valence-electron chi connectivity index (χ0n) is 12.3. The lowest BCUT2D eigenvalue weighted by atomic mass is 10.0. The molecule has 0 bridgehead atoms. The summed E-state index contributed by atoms with van der Waals surface area (Å²) < 4.78 is 2.36. The molecule has 0 unspecified atom stereocenters. The molecule has 0 spiro atoms. The van der Waals surface area contributed by atoms with Gasteiger partial charge in [-0.15, -0.1) is 11.3 Å². The van der Waals surface area contributed by atoms with Crippen molar-refractivity contribution in [2.24, 2.45) is 0 Å². The molecule has 1 aliphatic rings. The molecule has 0 fully saturated rings. The van der Waals surface area contributed by atoms with Crippen molar-refractivity contribution in [2.75, 3.05) is 0 Å². The Morgan fingerprint density at radius 2 is 1.90 bits per heavy atom. The molecule has 4 rings (SSSR count). The first-order chi connectivity index (χ1) is 10.3. The third-order valence-corrected chi connectivity index (χ3v) is 5.65. The normalized spacial score (nSPS) is 17.1. The van der Waals surface area contributed by atoms with Crippen LogP contribution in [-0.2, 0) is 6.54 Å². The predicted molar refractivity (Wildman–Crippen MR) is 88.2 cm³/mol. The van der Waals surface area contributed by atoms with Gasteiger partial charge in [-0.2, -0.15) is 0 Å². The zero-order valence-corrected chi connectivity index (χ0v) is 13.1. The highest BCUT2D eigenvalue weighted by atomic mass is 32.1. The van der Waals surface area contributed by atoms with Crippen molar-refractivity contribution in [3.63, 3.8) is 0 Å². The SMILES string of the molecule is Cc1sc2c(c1C)CN[C@@H](c1ccccc1)c1cccn1-2. The van der Waals surface area contributed by atoms with Gasteiger partial charge >= 0.3 is 0 Å². The van der Waals surface area contributed by atoms with Crippen LogP contribution in [0.4, 0.5) is 0 Å². The zero-order chi connectivity index (χ0) is 14.4. The summed E-state index contributed by atoms with van der Waals surface area (Å²) in [4.78, 5) is 1.42. The van der Waals surface area contributed by atoms with Crippen molar-refractivity contribution in [3.05, 3.63) is 75.9 Å². The fourth-order valence-electron chi connectivity index (χ4n) is 3.12. The minimum absolute atomic E-state index is 0.250. The lowest BCUT2D eigenvalue weighted by Gasteiger charge is -2.18. The molecule has 3 aromatic rings. The van der Waals surface area contributed by atoms with Crippen molar-refractivity contribution in [2.45, 2.75) is 26.4 Å². The smallest absolute Gasteiger partial charge is 0.104 e. The van der Waals surface area contributed by atoms with Gasteiger partial charge in [-0.25, -0.2) is 0 Å². The number of hydrogen-bond acceptors (Lipinski definition) is 2. The van der Waals surface area contributed by atoms with Crippen LogP contribution in [0.2, 0.25) is 0 Å². The number of fused-ring (bicyclic) bond motifs is 3. The lowest BCUT2D eigenvalue weighted by molar-refractivity contribution is 0.600. The van der Waals surface area contributed by atoms with Crippen LogP contribution in [0.15, 0.2) is 48.7 Å². The summed E-state index contributed by atoms with van der Waals surface area (Å²) in [5, 5.41) is 5.11. The summed E-state index contributed by atoms with van der Waals surface area (Å²) in [6.45, 7) is 5.37. The Bertz CT molecular complexity index is 783. The monoisotopic (exact) mass is 294 g/mol. The van der Waals surface area contributed by atoms with E-state index in [1.54, 1.807) is 0 Å². The topological polar surface area (TPSA) is 17.0 Å². The average molecular weight is 294 g/mol. The largest absolute Gasteiger partial charge is 0.310 e. The van der Waals surface area contributed by atoms with E-state index in [0.717, 1.165) is 6.54 Å². The highest BCUT2D eigenvalue weighted by molar-refractivity contribution is 7.14. The van der Waals surface area contributed by atoms with Crippen molar-refractivity contribution in [1.29, 1.82) is 0 Å². The van der Waals surface area contributed by atoms with E-state index < -0.39 is 0 Å². The molecule has 3 heterocycles. The van der Waals surface area contributed by atoms with Crippen LogP contribution in [0.1, 0.15) is 33.3 Å². The maximum absolute atomic E-state index is 3.74. The minimum atomic E-state index is 0.250. The number of thiophene rings is 1. The molecular formula is C18H18N2S. The molecule has 0 radical (unpaired) electrons. The summed E-state index contributed by atoms with van der Waals surface area (Å²) in [7, 11) is 0. The van der Waals surface area contributed by atoms with Crippen LogP contribution >= 0.6 is 11.3 Å². The molecule has 1 aromatic carbocycles. The summed E-state index contributed by atoms with van der Waals surface area (Å²) in [5.74, 6) is 0. The van der Waals surface area contributed by atoms with Crippen LogP contribution in [0.3, 0.4) is 0 Å². The van der Waals surface area contributed by atoms with E-state index >= 15 is 0 Å². The number of nitrogens with one attached hydrogen (secondary N) is 1. The molecule has 0 saturated heterocycles. The fraction of sp³-hybridized carbons (Fsp3) is 0.222. The quantitative estimate of drug-likeness (QED) is 0.706. The Kier molecular flexibility index (Phi) is 2.98. The molecule has 1 N–H and O–H groups in total. The molecule has 0 amide bonds. The van der Waals surface area contributed by atoms with Gasteiger partial charge in [0.2, 0.25) is 0 Å². The van der Waals surface area contributed by atoms with Gasteiger partial charge in [0.25, 0.3) is 0 Å². The minimum Gasteiger partial charge on any atom is -0.310 e. The van der Waals surface area contributed by atoms with E-state index in [0.29, 0.717) is 0 Å². The highest BCUT2D eigenvalue weighted by Gasteiger charge is 2.25.